The number of furan rings is 1. The van der Waals surface area contributed by atoms with Gasteiger partial charge in [-0.05, 0) is 24.3 Å². The lowest BCUT2D eigenvalue weighted by atomic mass is 10.1. The van der Waals surface area contributed by atoms with Crippen molar-refractivity contribution >= 4 is 23.9 Å². The number of ether oxygens (including phenoxy) is 3. The van der Waals surface area contributed by atoms with Crippen molar-refractivity contribution in [1.82, 2.24) is 0 Å². The van der Waals surface area contributed by atoms with Gasteiger partial charge < -0.3 is 28.8 Å². The maximum atomic E-state index is 11.9. The van der Waals surface area contributed by atoms with Crippen molar-refractivity contribution in [3.05, 3.63) is 59.0 Å². The highest BCUT2D eigenvalue weighted by atomic mass is 16.6. The fourth-order valence-electron chi connectivity index (χ4n) is 2.06. The number of carbonyl (C=O) groups is 4. The van der Waals surface area contributed by atoms with Crippen LogP contribution in [0.15, 0.2) is 41.0 Å². The van der Waals surface area contributed by atoms with Gasteiger partial charge in [0.15, 0.2) is 0 Å². The van der Waals surface area contributed by atoms with E-state index in [1.807, 2.05) is 0 Å². The highest BCUT2D eigenvalue weighted by Gasteiger charge is 2.17. The lowest BCUT2D eigenvalue weighted by Crippen LogP contribution is -2.11. The van der Waals surface area contributed by atoms with Crippen LogP contribution in [0.4, 0.5) is 0 Å². The number of carboxylic acid groups (broad SMARTS) is 1. The van der Waals surface area contributed by atoms with Crippen LogP contribution in [0.1, 0.15) is 48.0 Å². The Balaban J connectivity index is 1.70. The summed E-state index contributed by atoms with van der Waals surface area (Å²) in [5, 5.41) is 17.4. The predicted octanol–water partition coefficient (Wildman–Crippen LogP) is 1.53. The third-order valence-electron chi connectivity index (χ3n) is 3.48. The molecule has 2 rings (SSSR count). The molecule has 0 bridgehead atoms. The van der Waals surface area contributed by atoms with E-state index >= 15 is 0 Å². The molecule has 0 saturated heterocycles. The molecule has 0 unspecified atom stereocenters. The van der Waals surface area contributed by atoms with E-state index in [0.29, 0.717) is 0 Å². The van der Waals surface area contributed by atoms with Crippen LogP contribution in [0.5, 0.6) is 0 Å². The molecule has 10 nitrogen and oxygen atoms in total. The van der Waals surface area contributed by atoms with Gasteiger partial charge in [-0.1, -0.05) is 0 Å². The molecule has 29 heavy (non-hydrogen) atoms. The van der Waals surface area contributed by atoms with Crippen molar-refractivity contribution in [2.24, 2.45) is 0 Å². The van der Waals surface area contributed by atoms with Gasteiger partial charge in [-0.25, -0.2) is 19.2 Å². The largest absolute Gasteiger partial charge is 0.478 e. The summed E-state index contributed by atoms with van der Waals surface area (Å²) in [6.45, 7) is -0.586. The number of hydrogen-bond acceptors (Lipinski definition) is 9. The van der Waals surface area contributed by atoms with E-state index in [-0.39, 0.29) is 55.3 Å². The fourth-order valence-corrected chi connectivity index (χ4v) is 2.06. The monoisotopic (exact) mass is 406 g/mol. The Morgan fingerprint density at radius 2 is 1.34 bits per heavy atom. The summed E-state index contributed by atoms with van der Waals surface area (Å²) < 4.78 is 19.6. The first kappa shape index (κ1) is 21.6. The van der Waals surface area contributed by atoms with Gasteiger partial charge in [-0.2, -0.15) is 0 Å². The summed E-state index contributed by atoms with van der Waals surface area (Å²) in [6.07, 6.45) is 1.27. The molecular formula is C19H18O10. The van der Waals surface area contributed by atoms with Crippen LogP contribution >= 0.6 is 0 Å². The average Bonchev–Trinajstić information content (AvgIpc) is 3.22. The number of carbonyl (C=O) groups excluding carboxylic acids is 3. The molecule has 0 atom stereocenters. The van der Waals surface area contributed by atoms with E-state index in [0.717, 1.165) is 12.3 Å². The van der Waals surface area contributed by atoms with Gasteiger partial charge in [0.05, 0.1) is 36.5 Å². The van der Waals surface area contributed by atoms with Gasteiger partial charge in [0.25, 0.3) is 0 Å². The van der Waals surface area contributed by atoms with Crippen LogP contribution in [0.25, 0.3) is 0 Å². The van der Waals surface area contributed by atoms with Crippen molar-refractivity contribution in [2.75, 3.05) is 26.4 Å². The SMILES string of the molecule is O=C(O)c1ccc(C(=O)OCCCOC(=O)c2coc(C(=O)OCCO)c2)cc1. The van der Waals surface area contributed by atoms with Crippen molar-refractivity contribution in [1.29, 1.82) is 0 Å². The molecule has 0 fully saturated rings. The smallest absolute Gasteiger partial charge is 0.374 e. The summed E-state index contributed by atoms with van der Waals surface area (Å²) in [4.78, 5) is 46.0. The predicted molar refractivity (Wildman–Crippen MR) is 94.7 cm³/mol. The molecule has 154 valence electrons. The second-order valence-electron chi connectivity index (χ2n) is 5.57. The van der Waals surface area contributed by atoms with E-state index in [9.17, 15) is 19.2 Å². The highest BCUT2D eigenvalue weighted by molar-refractivity contribution is 5.94. The number of carboxylic acids is 1. The Morgan fingerprint density at radius 3 is 1.93 bits per heavy atom. The number of esters is 3. The summed E-state index contributed by atoms with van der Waals surface area (Å²) in [5.41, 5.74) is 0.264. The van der Waals surface area contributed by atoms with Gasteiger partial charge in [0.1, 0.15) is 12.9 Å². The first-order valence-electron chi connectivity index (χ1n) is 8.46. The molecule has 10 heteroatoms. The standard InChI is InChI=1S/C19H18O10/c20-6-9-28-19(25)15-10-14(11-29-15)18(24)27-8-1-7-26-17(23)13-4-2-12(3-5-13)16(21)22/h2-5,10-11,20H,1,6-9H2,(H,21,22). The van der Waals surface area contributed by atoms with E-state index in [2.05, 4.69) is 4.74 Å². The third-order valence-corrected chi connectivity index (χ3v) is 3.48. The molecule has 1 heterocycles. The summed E-state index contributed by atoms with van der Waals surface area (Å²) in [6, 6.07) is 6.42. The molecule has 1 aromatic carbocycles. The Hall–Kier alpha value is -3.66. The zero-order valence-electron chi connectivity index (χ0n) is 15.2. The van der Waals surface area contributed by atoms with Gasteiger partial charge in [-0.15, -0.1) is 0 Å². The normalized spacial score (nSPS) is 10.2. The number of hydrogen-bond donors (Lipinski definition) is 2. The minimum Gasteiger partial charge on any atom is -0.478 e. The molecule has 0 amide bonds. The van der Waals surface area contributed by atoms with Crippen LogP contribution in [0, 0.1) is 0 Å². The van der Waals surface area contributed by atoms with E-state index in [1.54, 1.807) is 0 Å². The van der Waals surface area contributed by atoms with Crippen LogP contribution < -0.4 is 0 Å². The van der Waals surface area contributed by atoms with E-state index in [1.165, 1.54) is 24.3 Å². The van der Waals surface area contributed by atoms with Crippen molar-refractivity contribution in [3.8, 4) is 0 Å². The van der Waals surface area contributed by atoms with Gasteiger partial charge >= 0.3 is 23.9 Å². The van der Waals surface area contributed by atoms with Crippen LogP contribution in [-0.4, -0.2) is 60.5 Å². The Morgan fingerprint density at radius 1 is 0.793 bits per heavy atom. The summed E-state index contributed by atoms with van der Waals surface area (Å²) in [5.74, 6) is -3.48. The first-order chi connectivity index (χ1) is 13.9. The molecule has 0 aliphatic rings. The molecule has 0 aliphatic heterocycles. The zero-order valence-corrected chi connectivity index (χ0v) is 15.2. The summed E-state index contributed by atoms with van der Waals surface area (Å²) in [7, 11) is 0. The van der Waals surface area contributed by atoms with Crippen LogP contribution in [0.2, 0.25) is 0 Å². The third kappa shape index (κ3) is 6.47. The lowest BCUT2D eigenvalue weighted by Gasteiger charge is -2.06. The Kier molecular flexibility index (Phi) is 7.92. The van der Waals surface area contributed by atoms with Gasteiger partial charge in [-0.3, -0.25) is 0 Å². The van der Waals surface area contributed by atoms with Crippen molar-refractivity contribution in [2.45, 2.75) is 6.42 Å². The molecule has 0 spiro atoms. The molecule has 0 aliphatic carbocycles. The second-order valence-corrected chi connectivity index (χ2v) is 5.57. The van der Waals surface area contributed by atoms with Gasteiger partial charge in [0.2, 0.25) is 5.76 Å². The lowest BCUT2D eigenvalue weighted by molar-refractivity contribution is 0.0386. The molecule has 0 radical (unpaired) electrons. The van der Waals surface area contributed by atoms with E-state index in [4.69, 9.17) is 24.1 Å². The molecule has 0 saturated carbocycles. The fraction of sp³-hybridized carbons (Fsp3) is 0.263. The highest BCUT2D eigenvalue weighted by Crippen LogP contribution is 2.11. The quantitative estimate of drug-likeness (QED) is 0.338. The Labute approximate surface area is 164 Å². The summed E-state index contributed by atoms with van der Waals surface area (Å²) >= 11 is 0. The number of aliphatic hydroxyl groups excluding tert-OH is 1. The zero-order chi connectivity index (χ0) is 21.2. The maximum absolute atomic E-state index is 11.9. The topological polar surface area (TPSA) is 150 Å². The van der Waals surface area contributed by atoms with Crippen LogP contribution in [-0.2, 0) is 14.2 Å². The maximum Gasteiger partial charge on any atom is 0.374 e. The van der Waals surface area contributed by atoms with Crippen LogP contribution in [0.3, 0.4) is 0 Å². The minimum atomic E-state index is -1.10. The molecule has 2 aromatic rings. The van der Waals surface area contributed by atoms with Crippen molar-refractivity contribution < 1.29 is 48.0 Å². The second kappa shape index (κ2) is 10.6. The average molecular weight is 406 g/mol. The molecular weight excluding hydrogens is 388 g/mol. The first-order valence-corrected chi connectivity index (χ1v) is 8.46. The number of rotatable bonds is 10. The number of benzene rings is 1. The Bertz CT molecular complexity index is 865. The molecule has 1 aromatic heterocycles. The van der Waals surface area contributed by atoms with Gasteiger partial charge in [0, 0.05) is 12.5 Å². The van der Waals surface area contributed by atoms with Crippen molar-refractivity contribution in [3.63, 3.8) is 0 Å². The minimum absolute atomic E-state index is 0.0106. The number of aliphatic hydroxyl groups is 1. The number of aromatic carboxylic acids is 1. The molecule has 2 N–H and O–H groups in total. The van der Waals surface area contributed by atoms with E-state index < -0.39 is 23.9 Å².